The maximum Gasteiger partial charge on any atom is 0.337 e. The fraction of sp³-hybridized carbons (Fsp3) is 0.190. The van der Waals surface area contributed by atoms with Crippen molar-refractivity contribution in [2.45, 2.75) is 12.8 Å². The molecule has 2 aromatic heterocycles. The number of nitrogens with zero attached hydrogens (tertiary/aromatic N) is 2. The van der Waals surface area contributed by atoms with Crippen molar-refractivity contribution >= 4 is 40.1 Å². The summed E-state index contributed by atoms with van der Waals surface area (Å²) in [6.45, 7) is 0. The molecule has 2 amide bonds. The van der Waals surface area contributed by atoms with Gasteiger partial charge in [-0.25, -0.2) is 14.8 Å². The molecule has 0 atom stereocenters. The van der Waals surface area contributed by atoms with Crippen LogP contribution < -0.4 is 10.6 Å². The average Bonchev–Trinajstić information content (AvgIpc) is 3.53. The Morgan fingerprint density at radius 3 is 2.53 bits per heavy atom. The molecule has 2 N–H and O–H groups in total. The molecule has 9 heteroatoms. The molecule has 1 aliphatic rings. The van der Waals surface area contributed by atoms with E-state index in [9.17, 15) is 14.4 Å². The lowest BCUT2D eigenvalue weighted by Gasteiger charge is -2.06. The molecule has 0 bridgehead atoms. The number of aromatic nitrogens is 2. The van der Waals surface area contributed by atoms with E-state index >= 15 is 0 Å². The largest absolute Gasteiger partial charge is 0.465 e. The highest BCUT2D eigenvalue weighted by molar-refractivity contribution is 7.14. The van der Waals surface area contributed by atoms with Crippen LogP contribution in [-0.4, -0.2) is 34.9 Å². The average molecular weight is 422 g/mol. The van der Waals surface area contributed by atoms with Gasteiger partial charge in [-0.3, -0.25) is 14.9 Å². The molecule has 0 saturated heterocycles. The minimum Gasteiger partial charge on any atom is -0.465 e. The highest BCUT2D eigenvalue weighted by Gasteiger charge is 2.29. The maximum absolute atomic E-state index is 12.6. The lowest BCUT2D eigenvalue weighted by atomic mass is 10.1. The lowest BCUT2D eigenvalue weighted by Crippen LogP contribution is -2.16. The molecule has 30 heavy (non-hydrogen) atoms. The molecule has 2 heterocycles. The fourth-order valence-electron chi connectivity index (χ4n) is 2.74. The third-order valence-electron chi connectivity index (χ3n) is 4.55. The van der Waals surface area contributed by atoms with Gasteiger partial charge in [0, 0.05) is 28.6 Å². The summed E-state index contributed by atoms with van der Waals surface area (Å²) >= 11 is 1.29. The molecule has 1 aliphatic carbocycles. The number of methoxy groups -OCH3 is 1. The van der Waals surface area contributed by atoms with Crippen LogP contribution in [0.4, 0.5) is 10.9 Å². The summed E-state index contributed by atoms with van der Waals surface area (Å²) in [5.74, 6) is -0.410. The van der Waals surface area contributed by atoms with Gasteiger partial charge in [0.15, 0.2) is 5.13 Å². The van der Waals surface area contributed by atoms with Crippen LogP contribution in [0.25, 0.3) is 11.3 Å². The van der Waals surface area contributed by atoms with Crippen LogP contribution in [0.2, 0.25) is 0 Å². The Hall–Kier alpha value is -3.59. The highest BCUT2D eigenvalue weighted by Crippen LogP contribution is 2.30. The first-order chi connectivity index (χ1) is 14.5. The van der Waals surface area contributed by atoms with Gasteiger partial charge >= 0.3 is 5.97 Å². The Kier molecular flexibility index (Phi) is 5.53. The predicted molar refractivity (Wildman–Crippen MR) is 112 cm³/mol. The van der Waals surface area contributed by atoms with Crippen molar-refractivity contribution in [3.05, 3.63) is 59.1 Å². The minimum atomic E-state index is -0.405. The van der Waals surface area contributed by atoms with Crippen molar-refractivity contribution in [3.8, 4) is 11.3 Å². The molecule has 0 unspecified atom stereocenters. The standard InChI is InChI=1S/C21H18N4O4S/c1-29-20(28)14-6-2-12(3-7-14)16-11-30-21(23-16)25-19(27)15-8-9-22-17(10-15)24-18(26)13-4-5-13/h2-3,6-11,13H,4-5H2,1H3,(H,22,24,26)(H,23,25,27). The number of hydrogen-bond donors (Lipinski definition) is 2. The lowest BCUT2D eigenvalue weighted by molar-refractivity contribution is -0.117. The molecule has 152 valence electrons. The zero-order chi connectivity index (χ0) is 21.1. The van der Waals surface area contributed by atoms with Crippen molar-refractivity contribution in [2.75, 3.05) is 17.7 Å². The number of anilines is 2. The van der Waals surface area contributed by atoms with Gasteiger partial charge in [0.25, 0.3) is 5.91 Å². The van der Waals surface area contributed by atoms with E-state index in [1.165, 1.54) is 30.7 Å². The van der Waals surface area contributed by atoms with Gasteiger partial charge in [0.05, 0.1) is 18.4 Å². The molecule has 3 aromatic rings. The van der Waals surface area contributed by atoms with Gasteiger partial charge in [-0.15, -0.1) is 11.3 Å². The monoisotopic (exact) mass is 422 g/mol. The number of hydrogen-bond acceptors (Lipinski definition) is 7. The summed E-state index contributed by atoms with van der Waals surface area (Å²) in [4.78, 5) is 44.5. The molecule has 1 saturated carbocycles. The Morgan fingerprint density at radius 1 is 1.07 bits per heavy atom. The second-order valence-electron chi connectivity index (χ2n) is 6.75. The van der Waals surface area contributed by atoms with E-state index in [1.807, 2.05) is 5.38 Å². The third-order valence-corrected chi connectivity index (χ3v) is 5.31. The normalized spacial score (nSPS) is 12.8. The van der Waals surface area contributed by atoms with Crippen LogP contribution in [0.15, 0.2) is 48.0 Å². The molecule has 1 fully saturated rings. The number of pyridine rings is 1. The van der Waals surface area contributed by atoms with Crippen molar-refractivity contribution < 1.29 is 19.1 Å². The van der Waals surface area contributed by atoms with E-state index in [4.69, 9.17) is 0 Å². The van der Waals surface area contributed by atoms with Crippen molar-refractivity contribution in [1.29, 1.82) is 0 Å². The second kappa shape index (κ2) is 8.42. The molecule has 8 nitrogen and oxygen atoms in total. The van der Waals surface area contributed by atoms with Crippen molar-refractivity contribution in [3.63, 3.8) is 0 Å². The van der Waals surface area contributed by atoms with Gasteiger partial charge in [-0.2, -0.15) is 0 Å². The number of rotatable bonds is 6. The summed E-state index contributed by atoms with van der Waals surface area (Å²) in [6, 6.07) is 9.97. The molecular weight excluding hydrogens is 404 g/mol. The Labute approximate surface area is 176 Å². The van der Waals surface area contributed by atoms with Crippen LogP contribution in [0.3, 0.4) is 0 Å². The zero-order valence-corrected chi connectivity index (χ0v) is 16.9. The van der Waals surface area contributed by atoms with Crippen molar-refractivity contribution in [2.24, 2.45) is 5.92 Å². The summed E-state index contributed by atoms with van der Waals surface area (Å²) in [7, 11) is 1.33. The molecule has 0 aliphatic heterocycles. The summed E-state index contributed by atoms with van der Waals surface area (Å²) in [5, 5.41) is 7.74. The van der Waals surface area contributed by atoms with E-state index in [0.717, 1.165) is 18.4 Å². The smallest absolute Gasteiger partial charge is 0.337 e. The van der Waals surface area contributed by atoms with Gasteiger partial charge in [0.1, 0.15) is 5.82 Å². The van der Waals surface area contributed by atoms with E-state index in [-0.39, 0.29) is 17.7 Å². The molecule has 0 radical (unpaired) electrons. The van der Waals surface area contributed by atoms with Crippen LogP contribution in [-0.2, 0) is 9.53 Å². The fourth-order valence-corrected chi connectivity index (χ4v) is 3.46. The number of thiazole rings is 1. The van der Waals surface area contributed by atoms with Crippen LogP contribution in [0.1, 0.15) is 33.6 Å². The topological polar surface area (TPSA) is 110 Å². The van der Waals surface area contributed by atoms with Crippen molar-refractivity contribution in [1.82, 2.24) is 9.97 Å². The molecule has 4 rings (SSSR count). The first-order valence-electron chi connectivity index (χ1n) is 9.26. The van der Waals surface area contributed by atoms with Gasteiger partial charge in [-0.1, -0.05) is 12.1 Å². The third kappa shape index (κ3) is 4.52. The first-order valence-corrected chi connectivity index (χ1v) is 10.1. The SMILES string of the molecule is COC(=O)c1ccc(-c2csc(NC(=O)c3ccnc(NC(=O)C4CC4)c3)n2)cc1. The summed E-state index contributed by atoms with van der Waals surface area (Å²) in [5.41, 5.74) is 2.31. The van der Waals surface area contributed by atoms with Crippen LogP contribution in [0.5, 0.6) is 0 Å². The zero-order valence-electron chi connectivity index (χ0n) is 16.0. The van der Waals surface area contributed by atoms with E-state index in [1.54, 1.807) is 30.3 Å². The number of benzene rings is 1. The second-order valence-corrected chi connectivity index (χ2v) is 7.61. The number of carbonyl (C=O) groups is 3. The van der Waals surface area contributed by atoms with Gasteiger partial charge in [0.2, 0.25) is 5.91 Å². The Morgan fingerprint density at radius 2 is 1.83 bits per heavy atom. The number of ether oxygens (including phenoxy) is 1. The quantitative estimate of drug-likeness (QED) is 0.588. The summed E-state index contributed by atoms with van der Waals surface area (Å²) in [6.07, 6.45) is 3.27. The van der Waals surface area contributed by atoms with E-state index in [2.05, 4.69) is 25.3 Å². The maximum atomic E-state index is 12.6. The predicted octanol–water partition coefficient (Wildman–Crippen LogP) is 3.59. The number of amides is 2. The van der Waals surface area contributed by atoms with Gasteiger partial charge < -0.3 is 10.1 Å². The minimum absolute atomic E-state index is 0.0553. The number of carbonyl (C=O) groups excluding carboxylic acids is 3. The number of nitrogens with one attached hydrogen (secondary N) is 2. The van der Waals surface area contributed by atoms with Crippen LogP contribution in [0, 0.1) is 5.92 Å². The highest BCUT2D eigenvalue weighted by atomic mass is 32.1. The number of esters is 1. The first kappa shape index (κ1) is 19.7. The van der Waals surface area contributed by atoms with E-state index in [0.29, 0.717) is 27.8 Å². The molecular formula is C21H18N4O4S. The molecule has 1 aromatic carbocycles. The Balaban J connectivity index is 1.42. The van der Waals surface area contributed by atoms with Gasteiger partial charge in [-0.05, 0) is 37.1 Å². The molecule has 0 spiro atoms. The summed E-state index contributed by atoms with van der Waals surface area (Å²) < 4.78 is 4.69. The van der Waals surface area contributed by atoms with Crippen LogP contribution >= 0.6 is 11.3 Å². The van der Waals surface area contributed by atoms with E-state index < -0.39 is 5.97 Å². The Bertz CT molecular complexity index is 1110.